The fraction of sp³-hybridized carbons (Fsp3) is 0.935. The molecule has 25 nitrogen and oxygen atoms in total. The predicted molar refractivity (Wildman–Crippen MR) is 462 cm³/mol. The van der Waals surface area contributed by atoms with E-state index in [1.54, 1.807) is 0 Å². The van der Waals surface area contributed by atoms with Crippen molar-refractivity contribution in [1.29, 1.82) is 0 Å². The van der Waals surface area contributed by atoms with Gasteiger partial charge in [-0.05, 0) is 63.2 Å². The van der Waals surface area contributed by atoms with Gasteiger partial charge in [-0.1, -0.05) is 349 Å². The zero-order valence-electron chi connectivity index (χ0n) is 75.0. The summed E-state index contributed by atoms with van der Waals surface area (Å²) in [4.78, 5) is 66.6. The van der Waals surface area contributed by atoms with E-state index >= 15 is 0 Å². The lowest BCUT2D eigenvalue weighted by Crippen LogP contribution is -2.70. The van der Waals surface area contributed by atoms with Gasteiger partial charge in [0.05, 0.1) is 13.2 Å². The van der Waals surface area contributed by atoms with E-state index in [2.05, 4.69) is 53.7 Å². The van der Waals surface area contributed by atoms with E-state index in [9.17, 15) is 74.6 Å². The average molecular weight is 1720 g/mol. The molecule has 1 aliphatic carbocycles. The molecule has 2 saturated heterocycles. The van der Waals surface area contributed by atoms with Crippen molar-refractivity contribution >= 4 is 31.7 Å². The van der Waals surface area contributed by atoms with Crippen LogP contribution in [0.5, 0.6) is 0 Å². The molecule has 3 aliphatic rings. The van der Waals surface area contributed by atoms with Gasteiger partial charge in [0.25, 0.3) is 0 Å². The van der Waals surface area contributed by atoms with E-state index in [0.717, 1.165) is 128 Å². The second kappa shape index (κ2) is 70.3. The quantitative estimate of drug-likeness (QED) is 0.00889. The number of unbranched alkanes of at least 4 members (excludes halogenated alkanes) is 43. The molecule has 1 saturated carbocycles. The van der Waals surface area contributed by atoms with Gasteiger partial charge < -0.3 is 88.7 Å². The molecule has 0 aromatic rings. The van der Waals surface area contributed by atoms with Crippen LogP contribution in [0.4, 0.5) is 0 Å². The van der Waals surface area contributed by atoms with E-state index < -0.39 is 162 Å². The van der Waals surface area contributed by atoms with Crippen LogP contribution in [0.3, 0.4) is 0 Å². The molecule has 2 heterocycles. The van der Waals surface area contributed by atoms with Gasteiger partial charge in [-0.15, -0.1) is 0 Å². The maximum absolute atomic E-state index is 14.9. The van der Waals surface area contributed by atoms with Crippen molar-refractivity contribution in [1.82, 2.24) is 0 Å². The highest BCUT2D eigenvalue weighted by atomic mass is 31.2. The molecule has 119 heavy (non-hydrogen) atoms. The number of hydrogen-bond donors (Lipinski definition) is 10. The van der Waals surface area contributed by atoms with E-state index in [0.29, 0.717) is 43.9 Å². The van der Waals surface area contributed by atoms with Gasteiger partial charge in [-0.2, -0.15) is 0 Å². The second-order valence-corrected chi connectivity index (χ2v) is 36.5. The van der Waals surface area contributed by atoms with Crippen molar-refractivity contribution in [2.75, 3.05) is 26.4 Å². The molecule has 0 aromatic heterocycles. The first-order valence-electron chi connectivity index (χ1n) is 48.2. The minimum absolute atomic E-state index is 0.0151. The maximum atomic E-state index is 14.9. The molecule has 3 rings (SSSR count). The summed E-state index contributed by atoms with van der Waals surface area (Å²) in [5.74, 6) is -1.66. The van der Waals surface area contributed by atoms with E-state index in [1.807, 2.05) is 0 Å². The van der Waals surface area contributed by atoms with Crippen LogP contribution in [0.1, 0.15) is 414 Å². The molecule has 3 fully saturated rings. The Labute approximate surface area is 718 Å². The summed E-state index contributed by atoms with van der Waals surface area (Å²) >= 11 is 0. The third kappa shape index (κ3) is 51.0. The van der Waals surface area contributed by atoms with Crippen LogP contribution in [-0.2, 0) is 70.7 Å². The molecule has 0 amide bonds. The number of allylic oxidation sites excluding steroid dienone is 2. The number of carbonyl (C=O) groups excluding carboxylic acids is 4. The fourth-order valence-corrected chi connectivity index (χ4v) is 17.2. The molecule has 0 spiro atoms. The van der Waals surface area contributed by atoms with Crippen LogP contribution in [0, 0.1) is 11.8 Å². The van der Waals surface area contributed by atoms with Gasteiger partial charge in [0, 0.05) is 25.7 Å². The highest BCUT2D eigenvalue weighted by Gasteiger charge is 2.60. The number of aliphatic hydroxyl groups excluding tert-OH is 9. The number of phosphoric acid groups is 1. The monoisotopic (exact) mass is 1720 g/mol. The summed E-state index contributed by atoms with van der Waals surface area (Å²) < 4.78 is 73.6. The topological polar surface area (TPSA) is 380 Å². The number of ether oxygens (including phenoxy) is 8. The molecule has 0 bridgehead atoms. The first-order valence-corrected chi connectivity index (χ1v) is 49.7. The number of carbonyl (C=O) groups is 4. The Bertz CT molecular complexity index is 2550. The molecule has 2 aliphatic heterocycles. The number of rotatable bonds is 77. The Morgan fingerprint density at radius 3 is 1.09 bits per heavy atom. The first-order chi connectivity index (χ1) is 57.5. The molecule has 700 valence electrons. The molecule has 0 radical (unpaired) electrons. The molecular weight excluding hydrogens is 1550 g/mol. The molecule has 20 unspecified atom stereocenters. The minimum Gasteiger partial charge on any atom is -0.463 e. The molecule has 26 heteroatoms. The Kier molecular flexibility index (Phi) is 65.2. The lowest BCUT2D eigenvalue weighted by Gasteiger charge is -2.50. The lowest BCUT2D eigenvalue weighted by atomic mass is 9.84. The van der Waals surface area contributed by atoms with Crippen molar-refractivity contribution in [3.63, 3.8) is 0 Å². The summed E-state index contributed by atoms with van der Waals surface area (Å²) in [6.45, 7) is 10.2. The average Bonchev–Trinajstić information content (AvgIpc) is 0.754. The highest BCUT2D eigenvalue weighted by Crippen LogP contribution is 2.49. The van der Waals surface area contributed by atoms with Gasteiger partial charge >= 0.3 is 31.7 Å². The van der Waals surface area contributed by atoms with Crippen molar-refractivity contribution in [2.24, 2.45) is 11.8 Å². The second-order valence-electron chi connectivity index (χ2n) is 35.1. The summed E-state index contributed by atoms with van der Waals surface area (Å²) in [6.07, 6.45) is 26.4. The van der Waals surface area contributed by atoms with Crippen molar-refractivity contribution in [2.45, 2.75) is 518 Å². The smallest absolute Gasteiger partial charge is 0.463 e. The molecular formula is C93H173O25P. The summed E-state index contributed by atoms with van der Waals surface area (Å²) in [5, 5.41) is 103. The Morgan fingerprint density at radius 2 is 0.681 bits per heavy atom. The largest absolute Gasteiger partial charge is 0.472 e. The van der Waals surface area contributed by atoms with Crippen molar-refractivity contribution in [3.8, 4) is 0 Å². The highest BCUT2D eigenvalue weighted by molar-refractivity contribution is 7.47. The number of hydrogen-bond acceptors (Lipinski definition) is 24. The van der Waals surface area contributed by atoms with Crippen molar-refractivity contribution < 1.29 is 122 Å². The van der Waals surface area contributed by atoms with Gasteiger partial charge in [-0.25, -0.2) is 4.57 Å². The van der Waals surface area contributed by atoms with Crippen LogP contribution in [0.2, 0.25) is 0 Å². The molecule has 10 N–H and O–H groups in total. The fourth-order valence-electron chi connectivity index (χ4n) is 16.2. The Morgan fingerprint density at radius 1 is 0.353 bits per heavy atom. The number of esters is 4. The third-order valence-corrected chi connectivity index (χ3v) is 25.0. The van der Waals surface area contributed by atoms with Gasteiger partial charge in [0.1, 0.15) is 92.6 Å². The van der Waals surface area contributed by atoms with Crippen LogP contribution in [0.25, 0.3) is 0 Å². The zero-order valence-corrected chi connectivity index (χ0v) is 75.9. The summed E-state index contributed by atoms with van der Waals surface area (Å²) in [5.41, 5.74) is 0. The third-order valence-electron chi connectivity index (χ3n) is 24.1. The standard InChI is InChI=1S/C93H173O25P/c1-7-11-15-19-23-25-27-29-30-32-34-36-38-49-57-65-78(97)112-73(68-109-76(95)63-55-47-37-35-33-31-28-26-24-20-16-12-8-2)69-111-119(107,108)118-91-89(116-92-86(105)82(101)80(99)74(67-94)113-92)85(104)84(103)88(115-79(98)66-58-50-42-40-46-54-62-72(6)60-52-44-22-18-14-10-4)90(91)117-93-87(106)83(102)81(100)75(114-93)70-110-77(96)64-56-48-41-39-45-53-61-71(5)59-51-43-21-17-13-9-3/h31,33,71-75,80-94,99-106H,7-30,32,34-70H2,1-6H3,(H,107,108)/b33-31-. The van der Waals surface area contributed by atoms with Crippen LogP contribution in [-0.4, -0.2) is 205 Å². The zero-order chi connectivity index (χ0) is 87.1. The maximum Gasteiger partial charge on any atom is 0.472 e. The van der Waals surface area contributed by atoms with Gasteiger partial charge in [0.15, 0.2) is 24.8 Å². The SMILES string of the molecule is CCCCCCCC/C=C\CCCCCC(=O)OCC(COP(=O)(O)OC1C(OC2OC(CO)C(O)C(O)C2O)C(O)C(O)C(OC(=O)CCCCCCCCC(C)CCCCCCCC)C1OC1OC(COC(=O)CCCCCCCCC(C)CCCCCCCC)C(O)C(O)C1O)OC(=O)CCCCCCCCCCCCCCCCC. The molecule has 0 aromatic carbocycles. The first kappa shape index (κ1) is 110. The minimum atomic E-state index is -5.81. The van der Waals surface area contributed by atoms with Gasteiger partial charge in [-0.3, -0.25) is 28.2 Å². The predicted octanol–water partition coefficient (Wildman–Crippen LogP) is 18.0. The van der Waals surface area contributed by atoms with Crippen molar-refractivity contribution in [3.05, 3.63) is 12.2 Å². The number of aliphatic hydroxyl groups is 9. The lowest BCUT2D eigenvalue weighted by molar-refractivity contribution is -0.360. The van der Waals surface area contributed by atoms with Crippen LogP contribution >= 0.6 is 7.82 Å². The van der Waals surface area contributed by atoms with E-state index in [1.165, 1.54) is 186 Å². The Balaban J connectivity index is 1.93. The summed E-state index contributed by atoms with van der Waals surface area (Å²) in [7, 11) is -5.81. The van der Waals surface area contributed by atoms with E-state index in [-0.39, 0.29) is 25.7 Å². The number of phosphoric ester groups is 1. The van der Waals surface area contributed by atoms with Crippen LogP contribution in [0.15, 0.2) is 12.2 Å². The van der Waals surface area contributed by atoms with E-state index in [4.69, 9.17) is 46.9 Å². The summed E-state index contributed by atoms with van der Waals surface area (Å²) in [6, 6.07) is 0. The molecule has 20 atom stereocenters. The van der Waals surface area contributed by atoms with Gasteiger partial charge in [0.2, 0.25) is 0 Å². The Hall–Kier alpha value is -2.79. The normalized spacial score (nSPS) is 25.4. The van der Waals surface area contributed by atoms with Crippen LogP contribution < -0.4 is 0 Å².